The molecule has 0 atom stereocenters. The van der Waals surface area contributed by atoms with Crippen LogP contribution in [0.5, 0.6) is 5.75 Å². The molecule has 1 aliphatic rings. The van der Waals surface area contributed by atoms with Crippen molar-refractivity contribution in [2.45, 2.75) is 0 Å². The average Bonchev–Trinajstić information content (AvgIpc) is 3.64. The van der Waals surface area contributed by atoms with Crippen molar-refractivity contribution in [1.29, 1.82) is 0 Å². The normalized spacial score (nSPS) is 13.4. The molecule has 1 aromatic carbocycles. The van der Waals surface area contributed by atoms with E-state index in [9.17, 15) is 19.2 Å². The van der Waals surface area contributed by atoms with E-state index in [1.807, 2.05) is 6.07 Å². The summed E-state index contributed by atoms with van der Waals surface area (Å²) in [7, 11) is 2.95. The fourth-order valence-corrected chi connectivity index (χ4v) is 4.44. The summed E-state index contributed by atoms with van der Waals surface area (Å²) in [5.41, 5.74) is 1.33. The van der Waals surface area contributed by atoms with E-state index in [-0.39, 0.29) is 36.2 Å². The smallest absolute Gasteiger partial charge is 0.295 e. The van der Waals surface area contributed by atoms with Gasteiger partial charge in [0.05, 0.1) is 29.8 Å². The first-order chi connectivity index (χ1) is 18.4. The SMILES string of the molecule is CNC(=O)c1ccn(-c2ncc(OC)c3c(C(=O)C(=O)N4CCN(C(=O)c5ccccc5)CC4)c[nH]c23)n1. The standard InChI is InChI=1S/C26H25N7O5/c1-27-24(35)18-8-9-33(30-18)23-21-20(19(38-2)15-29-23)17(14-28-21)22(34)26(37)32-12-10-31(11-13-32)25(36)16-6-4-3-5-7-16/h3-9,14-15,28H,10-13H2,1-2H3,(H,27,35). The van der Waals surface area contributed by atoms with Gasteiger partial charge in [0.25, 0.3) is 23.5 Å². The second kappa shape index (κ2) is 10.2. The van der Waals surface area contributed by atoms with Crippen molar-refractivity contribution in [3.8, 4) is 11.6 Å². The third-order valence-corrected chi connectivity index (χ3v) is 6.45. The number of piperazine rings is 1. The molecule has 3 aromatic heterocycles. The molecule has 38 heavy (non-hydrogen) atoms. The van der Waals surface area contributed by atoms with Crippen molar-refractivity contribution in [3.05, 3.63) is 71.8 Å². The number of carbonyl (C=O) groups is 4. The van der Waals surface area contributed by atoms with Gasteiger partial charge in [-0.2, -0.15) is 5.10 Å². The van der Waals surface area contributed by atoms with E-state index in [4.69, 9.17) is 4.74 Å². The third-order valence-electron chi connectivity index (χ3n) is 6.45. The molecule has 2 N–H and O–H groups in total. The first-order valence-corrected chi connectivity index (χ1v) is 11.9. The Morgan fingerprint density at radius 3 is 2.39 bits per heavy atom. The van der Waals surface area contributed by atoms with Gasteiger partial charge in [0.2, 0.25) is 0 Å². The van der Waals surface area contributed by atoms with Crippen molar-refractivity contribution in [2.75, 3.05) is 40.3 Å². The lowest BCUT2D eigenvalue weighted by Gasteiger charge is -2.34. The van der Waals surface area contributed by atoms with Gasteiger partial charge < -0.3 is 24.8 Å². The summed E-state index contributed by atoms with van der Waals surface area (Å²) in [6, 6.07) is 10.5. The van der Waals surface area contributed by atoms with Crippen molar-refractivity contribution >= 4 is 34.4 Å². The monoisotopic (exact) mass is 515 g/mol. The number of amides is 3. The van der Waals surface area contributed by atoms with Gasteiger partial charge in [0, 0.05) is 51.2 Å². The molecule has 0 spiro atoms. The molecule has 0 unspecified atom stereocenters. The van der Waals surface area contributed by atoms with Gasteiger partial charge in [-0.15, -0.1) is 0 Å². The van der Waals surface area contributed by atoms with E-state index < -0.39 is 11.7 Å². The molecule has 4 heterocycles. The summed E-state index contributed by atoms with van der Waals surface area (Å²) in [4.78, 5) is 61.7. The topological polar surface area (TPSA) is 143 Å². The second-order valence-electron chi connectivity index (χ2n) is 8.61. The molecule has 1 fully saturated rings. The summed E-state index contributed by atoms with van der Waals surface area (Å²) < 4.78 is 6.84. The average molecular weight is 516 g/mol. The Labute approximate surface area is 217 Å². The van der Waals surface area contributed by atoms with Crippen LogP contribution in [0.4, 0.5) is 0 Å². The highest BCUT2D eigenvalue weighted by molar-refractivity contribution is 6.45. The first kappa shape index (κ1) is 24.7. The van der Waals surface area contributed by atoms with E-state index in [1.54, 1.807) is 35.4 Å². The van der Waals surface area contributed by atoms with Gasteiger partial charge in [0.15, 0.2) is 11.5 Å². The molecule has 5 rings (SSSR count). The minimum Gasteiger partial charge on any atom is -0.494 e. The van der Waals surface area contributed by atoms with Crippen LogP contribution in [0.25, 0.3) is 16.7 Å². The number of rotatable bonds is 6. The van der Waals surface area contributed by atoms with Crippen LogP contribution in [0.15, 0.2) is 55.0 Å². The number of fused-ring (bicyclic) bond motifs is 1. The van der Waals surface area contributed by atoms with Crippen LogP contribution in [-0.4, -0.2) is 93.4 Å². The Morgan fingerprint density at radius 2 is 1.71 bits per heavy atom. The molecule has 4 aromatic rings. The Balaban J connectivity index is 1.37. The molecule has 0 bridgehead atoms. The highest BCUT2D eigenvalue weighted by Crippen LogP contribution is 2.32. The summed E-state index contributed by atoms with van der Waals surface area (Å²) in [5.74, 6) is -1.20. The molecule has 0 saturated carbocycles. The first-order valence-electron chi connectivity index (χ1n) is 11.9. The van der Waals surface area contributed by atoms with Crippen LogP contribution < -0.4 is 10.1 Å². The highest BCUT2D eigenvalue weighted by Gasteiger charge is 2.31. The van der Waals surface area contributed by atoms with Crippen molar-refractivity contribution in [1.82, 2.24) is 34.9 Å². The van der Waals surface area contributed by atoms with E-state index in [2.05, 4.69) is 20.4 Å². The van der Waals surface area contributed by atoms with Gasteiger partial charge in [-0.05, 0) is 18.2 Å². The van der Waals surface area contributed by atoms with Crippen LogP contribution in [0.2, 0.25) is 0 Å². The number of nitrogens with zero attached hydrogens (tertiary/aromatic N) is 5. The maximum absolute atomic E-state index is 13.4. The number of carbonyl (C=O) groups excluding carboxylic acids is 4. The number of H-pyrrole nitrogens is 1. The predicted molar refractivity (Wildman–Crippen MR) is 136 cm³/mol. The summed E-state index contributed by atoms with van der Waals surface area (Å²) in [6.07, 6.45) is 4.45. The zero-order valence-corrected chi connectivity index (χ0v) is 20.8. The van der Waals surface area contributed by atoms with Gasteiger partial charge in [-0.3, -0.25) is 19.2 Å². The minimum atomic E-state index is -0.707. The highest BCUT2D eigenvalue weighted by atomic mass is 16.5. The molecular formula is C26H25N7O5. The quantitative estimate of drug-likeness (QED) is 0.291. The molecule has 0 aliphatic carbocycles. The van der Waals surface area contributed by atoms with Crippen LogP contribution in [0.3, 0.4) is 0 Å². The van der Waals surface area contributed by atoms with Gasteiger partial charge in [-0.1, -0.05) is 18.2 Å². The fourth-order valence-electron chi connectivity index (χ4n) is 4.44. The molecule has 1 saturated heterocycles. The van der Waals surface area contributed by atoms with Gasteiger partial charge in [-0.25, -0.2) is 9.67 Å². The molecule has 3 amide bonds. The number of benzene rings is 1. The molecular weight excluding hydrogens is 490 g/mol. The maximum atomic E-state index is 13.4. The molecule has 0 radical (unpaired) electrons. The van der Waals surface area contributed by atoms with Gasteiger partial charge >= 0.3 is 0 Å². The van der Waals surface area contributed by atoms with Crippen molar-refractivity contribution < 1.29 is 23.9 Å². The van der Waals surface area contributed by atoms with E-state index in [0.29, 0.717) is 41.1 Å². The number of aromatic nitrogens is 4. The number of hydrogen-bond acceptors (Lipinski definition) is 7. The zero-order chi connectivity index (χ0) is 26.8. The number of Topliss-reactive ketones (excluding diaryl/α,β-unsaturated/α-hetero) is 1. The second-order valence-corrected chi connectivity index (χ2v) is 8.61. The Kier molecular flexibility index (Phi) is 6.60. The van der Waals surface area contributed by atoms with E-state index in [0.717, 1.165) is 0 Å². The van der Waals surface area contributed by atoms with E-state index in [1.165, 1.54) is 42.2 Å². The van der Waals surface area contributed by atoms with Crippen LogP contribution >= 0.6 is 0 Å². The number of nitrogens with one attached hydrogen (secondary N) is 2. The number of ether oxygens (including phenoxy) is 1. The summed E-state index contributed by atoms with van der Waals surface area (Å²) in [6.45, 7) is 1.13. The molecule has 12 nitrogen and oxygen atoms in total. The lowest BCUT2D eigenvalue weighted by molar-refractivity contribution is -0.127. The van der Waals surface area contributed by atoms with Crippen molar-refractivity contribution in [2.24, 2.45) is 0 Å². The fraction of sp³-hybridized carbons (Fsp3) is 0.231. The zero-order valence-electron chi connectivity index (χ0n) is 20.8. The van der Waals surface area contributed by atoms with E-state index >= 15 is 0 Å². The molecule has 194 valence electrons. The third kappa shape index (κ3) is 4.36. The number of methoxy groups -OCH3 is 1. The molecule has 1 aliphatic heterocycles. The lowest BCUT2D eigenvalue weighted by Crippen LogP contribution is -2.52. The lowest BCUT2D eigenvalue weighted by atomic mass is 10.1. The Morgan fingerprint density at radius 1 is 1.00 bits per heavy atom. The van der Waals surface area contributed by atoms with Crippen LogP contribution in [0.1, 0.15) is 31.2 Å². The van der Waals surface area contributed by atoms with Crippen LogP contribution in [0, 0.1) is 0 Å². The number of aromatic amines is 1. The Bertz CT molecular complexity index is 1530. The maximum Gasteiger partial charge on any atom is 0.295 e. The van der Waals surface area contributed by atoms with Gasteiger partial charge in [0.1, 0.15) is 5.75 Å². The number of hydrogen-bond donors (Lipinski definition) is 2. The number of ketones is 1. The van der Waals surface area contributed by atoms with Crippen LogP contribution in [-0.2, 0) is 4.79 Å². The van der Waals surface area contributed by atoms with Crippen molar-refractivity contribution in [3.63, 3.8) is 0 Å². The minimum absolute atomic E-state index is 0.108. The largest absolute Gasteiger partial charge is 0.494 e. The summed E-state index contributed by atoms with van der Waals surface area (Å²) >= 11 is 0. The molecule has 12 heteroatoms. The number of pyridine rings is 1. The Hall–Kier alpha value is -5.00. The summed E-state index contributed by atoms with van der Waals surface area (Å²) in [5, 5.41) is 7.14. The predicted octanol–water partition coefficient (Wildman–Crippen LogP) is 1.28.